The Morgan fingerprint density at radius 3 is 2.76 bits per heavy atom. The van der Waals surface area contributed by atoms with Crippen molar-refractivity contribution in [3.8, 4) is 0 Å². The topological polar surface area (TPSA) is 92.5 Å². The van der Waals surface area contributed by atoms with Crippen LogP contribution in [0.25, 0.3) is 0 Å². The number of carbonyl (C=O) groups excluding carboxylic acids is 3. The third kappa shape index (κ3) is 2.58. The van der Waals surface area contributed by atoms with Crippen molar-refractivity contribution in [2.24, 2.45) is 5.73 Å². The number of hydrogen-bond acceptors (Lipinski definition) is 4. The van der Waals surface area contributed by atoms with E-state index in [1.165, 1.54) is 6.20 Å². The van der Waals surface area contributed by atoms with Crippen LogP contribution in [0.1, 0.15) is 19.3 Å². The van der Waals surface area contributed by atoms with Crippen molar-refractivity contribution in [1.82, 2.24) is 10.2 Å². The van der Waals surface area contributed by atoms with E-state index in [0.29, 0.717) is 25.0 Å². The Morgan fingerprint density at radius 2 is 2.10 bits per heavy atom. The second-order valence-electron chi connectivity index (χ2n) is 5.13. The maximum atomic E-state index is 12.4. The fraction of sp³-hybridized carbons (Fsp3) is 0.357. The van der Waals surface area contributed by atoms with E-state index in [9.17, 15) is 14.4 Å². The van der Waals surface area contributed by atoms with Crippen LogP contribution in [-0.2, 0) is 14.4 Å². The molecule has 0 spiro atoms. The number of carbonyl (C=O) groups is 3. The van der Waals surface area contributed by atoms with Gasteiger partial charge < -0.3 is 10.6 Å². The highest BCUT2D eigenvalue weighted by molar-refractivity contribution is 6.07. The summed E-state index contributed by atoms with van der Waals surface area (Å²) in [7, 11) is 0. The highest BCUT2D eigenvalue weighted by atomic mass is 35.5. The third-order valence-corrected chi connectivity index (χ3v) is 3.88. The molecule has 2 fully saturated rings. The van der Waals surface area contributed by atoms with Crippen molar-refractivity contribution in [1.29, 1.82) is 0 Å². The van der Waals surface area contributed by atoms with Gasteiger partial charge in [0.2, 0.25) is 11.8 Å². The molecular formula is C14H16ClN3O3. The van der Waals surface area contributed by atoms with Crippen molar-refractivity contribution in [2.45, 2.75) is 25.3 Å². The lowest BCUT2D eigenvalue weighted by Gasteiger charge is -2.28. The normalized spacial score (nSPS) is 26.9. The minimum Gasteiger partial charge on any atom is -0.404 e. The molecule has 7 heteroatoms. The molecule has 3 amide bonds. The highest BCUT2D eigenvalue weighted by Crippen LogP contribution is 2.32. The van der Waals surface area contributed by atoms with Gasteiger partial charge in [0.05, 0.1) is 0 Å². The molecule has 6 nitrogen and oxygen atoms in total. The molecule has 1 unspecified atom stereocenters. The Kier molecular flexibility index (Phi) is 4.18. The minimum atomic E-state index is -0.557. The summed E-state index contributed by atoms with van der Waals surface area (Å²) < 4.78 is 0. The van der Waals surface area contributed by atoms with Gasteiger partial charge in [-0.25, -0.2) is 0 Å². The van der Waals surface area contributed by atoms with Gasteiger partial charge in [-0.15, -0.1) is 12.4 Å². The molecule has 3 rings (SSSR count). The average molecular weight is 310 g/mol. The first-order valence-corrected chi connectivity index (χ1v) is 6.56. The molecule has 112 valence electrons. The first-order chi connectivity index (χ1) is 9.60. The van der Waals surface area contributed by atoms with Crippen LogP contribution in [-0.4, -0.2) is 35.2 Å². The van der Waals surface area contributed by atoms with E-state index in [1.54, 1.807) is 4.90 Å². The quantitative estimate of drug-likeness (QED) is 0.675. The molecule has 0 aromatic carbocycles. The summed E-state index contributed by atoms with van der Waals surface area (Å²) in [5.74, 6) is -0.798. The Labute approximate surface area is 128 Å². The SMILES string of the molecule is Cl.NC=C1C=C2CN(C3CCC(=O)NC3=O)C(=O)C2=CC1. The number of nitrogens with one attached hydrogen (secondary N) is 1. The first-order valence-electron chi connectivity index (χ1n) is 6.56. The van der Waals surface area contributed by atoms with Gasteiger partial charge >= 0.3 is 0 Å². The van der Waals surface area contributed by atoms with Gasteiger partial charge in [0.1, 0.15) is 6.04 Å². The number of hydrogen-bond donors (Lipinski definition) is 2. The number of piperidine rings is 1. The Bertz CT molecular complexity index is 607. The zero-order valence-electron chi connectivity index (χ0n) is 11.3. The summed E-state index contributed by atoms with van der Waals surface area (Å²) in [4.78, 5) is 36.9. The number of nitrogens with two attached hydrogens (primary N) is 1. The number of amides is 3. The standard InChI is InChI=1S/C14H15N3O3.ClH/c15-6-8-1-2-10-9(5-8)7-17(14(10)20)11-3-4-12(18)16-13(11)19;/h2,5-6,11H,1,3-4,7,15H2,(H,16,18,19);1H. The number of fused-ring (bicyclic) bond motifs is 1. The predicted octanol–water partition coefficient (Wildman–Crippen LogP) is 0.155. The lowest BCUT2D eigenvalue weighted by Crippen LogP contribution is -2.52. The molecule has 0 aromatic rings. The van der Waals surface area contributed by atoms with Gasteiger partial charge in [-0.3, -0.25) is 19.7 Å². The summed E-state index contributed by atoms with van der Waals surface area (Å²) in [6, 6.07) is -0.557. The number of likely N-dealkylation sites (tertiary alicyclic amines) is 1. The van der Waals surface area contributed by atoms with Crippen molar-refractivity contribution in [3.05, 3.63) is 35.1 Å². The number of imide groups is 1. The fourth-order valence-electron chi connectivity index (χ4n) is 2.82. The minimum absolute atomic E-state index is 0. The van der Waals surface area contributed by atoms with Gasteiger partial charge in [-0.2, -0.15) is 0 Å². The molecule has 0 aromatic heterocycles. The Hall–Kier alpha value is -2.08. The van der Waals surface area contributed by atoms with Crippen LogP contribution < -0.4 is 11.1 Å². The van der Waals surface area contributed by atoms with Crippen LogP contribution in [0, 0.1) is 0 Å². The zero-order chi connectivity index (χ0) is 14.3. The molecule has 2 aliphatic heterocycles. The molecule has 2 heterocycles. The number of rotatable bonds is 1. The summed E-state index contributed by atoms with van der Waals surface area (Å²) in [6.07, 6.45) is 6.56. The van der Waals surface area contributed by atoms with Gasteiger partial charge in [0.15, 0.2) is 0 Å². The monoisotopic (exact) mass is 309 g/mol. The van der Waals surface area contributed by atoms with Crippen molar-refractivity contribution < 1.29 is 14.4 Å². The number of allylic oxidation sites excluding steroid dienone is 3. The molecule has 0 bridgehead atoms. The zero-order valence-corrected chi connectivity index (χ0v) is 12.1. The van der Waals surface area contributed by atoms with Crippen LogP contribution in [0.15, 0.2) is 35.1 Å². The van der Waals surface area contributed by atoms with Gasteiger partial charge in [-0.1, -0.05) is 12.2 Å². The van der Waals surface area contributed by atoms with Crippen LogP contribution in [0.2, 0.25) is 0 Å². The van der Waals surface area contributed by atoms with Crippen LogP contribution in [0.3, 0.4) is 0 Å². The predicted molar refractivity (Wildman–Crippen MR) is 78.2 cm³/mol. The van der Waals surface area contributed by atoms with Crippen molar-refractivity contribution in [2.75, 3.05) is 6.54 Å². The molecule has 0 radical (unpaired) electrons. The number of halogens is 1. The van der Waals surface area contributed by atoms with Crippen LogP contribution >= 0.6 is 12.4 Å². The summed E-state index contributed by atoms with van der Waals surface area (Å²) >= 11 is 0. The highest BCUT2D eigenvalue weighted by Gasteiger charge is 2.41. The second-order valence-corrected chi connectivity index (χ2v) is 5.13. The summed E-state index contributed by atoms with van der Waals surface area (Å²) in [5.41, 5.74) is 8.00. The lowest BCUT2D eigenvalue weighted by molar-refractivity contribution is -0.142. The second kappa shape index (κ2) is 5.73. The molecule has 3 N–H and O–H groups in total. The van der Waals surface area contributed by atoms with E-state index in [0.717, 1.165) is 11.1 Å². The van der Waals surface area contributed by atoms with Crippen molar-refractivity contribution >= 4 is 30.1 Å². The van der Waals surface area contributed by atoms with Crippen LogP contribution in [0.4, 0.5) is 0 Å². The maximum Gasteiger partial charge on any atom is 0.254 e. The molecule has 1 atom stereocenters. The fourth-order valence-corrected chi connectivity index (χ4v) is 2.82. The molecule has 1 aliphatic carbocycles. The van der Waals surface area contributed by atoms with E-state index in [4.69, 9.17) is 5.73 Å². The average Bonchev–Trinajstić information content (AvgIpc) is 2.75. The smallest absolute Gasteiger partial charge is 0.254 e. The van der Waals surface area contributed by atoms with E-state index >= 15 is 0 Å². The molecule has 2 saturated heterocycles. The van der Waals surface area contributed by atoms with Gasteiger partial charge in [-0.05, 0) is 30.2 Å². The lowest BCUT2D eigenvalue weighted by atomic mass is 9.97. The largest absolute Gasteiger partial charge is 0.404 e. The Morgan fingerprint density at radius 1 is 1.33 bits per heavy atom. The Balaban J connectivity index is 0.00000161. The molecular weight excluding hydrogens is 294 g/mol. The third-order valence-electron chi connectivity index (χ3n) is 3.88. The summed E-state index contributed by atoms with van der Waals surface area (Å²) in [6.45, 7) is 0.397. The molecule has 3 aliphatic rings. The van der Waals surface area contributed by atoms with E-state index in [1.807, 2.05) is 12.2 Å². The molecule has 0 saturated carbocycles. The number of nitrogens with zero attached hydrogens (tertiary/aromatic N) is 1. The summed E-state index contributed by atoms with van der Waals surface area (Å²) in [5, 5.41) is 2.29. The van der Waals surface area contributed by atoms with Gasteiger partial charge in [0, 0.05) is 18.5 Å². The van der Waals surface area contributed by atoms with Crippen LogP contribution in [0.5, 0.6) is 0 Å². The van der Waals surface area contributed by atoms with Crippen molar-refractivity contribution in [3.63, 3.8) is 0 Å². The van der Waals surface area contributed by atoms with E-state index in [-0.39, 0.29) is 36.5 Å². The van der Waals surface area contributed by atoms with Gasteiger partial charge in [0.25, 0.3) is 5.91 Å². The van der Waals surface area contributed by atoms with E-state index in [2.05, 4.69) is 5.32 Å². The van der Waals surface area contributed by atoms with E-state index < -0.39 is 6.04 Å². The maximum absolute atomic E-state index is 12.4. The first kappa shape index (κ1) is 15.3. The molecule has 21 heavy (non-hydrogen) atoms.